The van der Waals surface area contributed by atoms with Gasteiger partial charge < -0.3 is 20.3 Å². The van der Waals surface area contributed by atoms with Gasteiger partial charge in [0.25, 0.3) is 0 Å². The fourth-order valence-corrected chi connectivity index (χ4v) is 10.5. The molecule has 0 radical (unpaired) electrons. The minimum absolute atomic E-state index is 0.000997. The van der Waals surface area contributed by atoms with Gasteiger partial charge in [-0.05, 0) is 83.5 Å². The predicted octanol–water partition coefficient (Wildman–Crippen LogP) is 21.5. The molecule has 2 unspecified atom stereocenters. The smallest absolute Gasteiger partial charge is 0.305 e. The summed E-state index contributed by atoms with van der Waals surface area (Å²) >= 11 is 0. The molecule has 0 fully saturated rings. The number of hydrogen-bond acceptors (Lipinski definition) is 5. The van der Waals surface area contributed by atoms with Gasteiger partial charge in [0.15, 0.2) is 0 Å². The first-order chi connectivity index (χ1) is 37.0. The third-order valence-electron chi connectivity index (χ3n) is 15.7. The van der Waals surface area contributed by atoms with E-state index < -0.39 is 12.1 Å². The van der Waals surface area contributed by atoms with Crippen molar-refractivity contribution in [1.29, 1.82) is 0 Å². The number of carbonyl (C=O) groups is 2. The van der Waals surface area contributed by atoms with Crippen LogP contribution in [0.25, 0.3) is 0 Å². The molecular weight excluding hydrogens is 923 g/mol. The average molecular weight is 1050 g/mol. The Morgan fingerprint density at radius 1 is 0.373 bits per heavy atom. The van der Waals surface area contributed by atoms with Crippen LogP contribution in [-0.4, -0.2) is 47.4 Å². The van der Waals surface area contributed by atoms with Crippen molar-refractivity contribution in [3.63, 3.8) is 0 Å². The van der Waals surface area contributed by atoms with Gasteiger partial charge in [-0.25, -0.2) is 0 Å². The lowest BCUT2D eigenvalue weighted by Crippen LogP contribution is -2.45. The Bertz CT molecular complexity index is 1210. The highest BCUT2D eigenvalue weighted by atomic mass is 16.5. The minimum atomic E-state index is -0.671. The highest BCUT2D eigenvalue weighted by Crippen LogP contribution is 2.18. The molecule has 0 spiro atoms. The molecule has 0 aliphatic heterocycles. The number of rotatable bonds is 63. The van der Waals surface area contributed by atoms with E-state index >= 15 is 0 Å². The number of nitrogens with one attached hydrogen (secondary N) is 1. The fourth-order valence-electron chi connectivity index (χ4n) is 10.5. The van der Waals surface area contributed by atoms with E-state index in [1.807, 2.05) is 0 Å². The number of hydrogen-bond donors (Lipinski definition) is 3. The first-order valence-electron chi connectivity index (χ1n) is 33.7. The van der Waals surface area contributed by atoms with Crippen LogP contribution < -0.4 is 5.32 Å². The summed E-state index contributed by atoms with van der Waals surface area (Å²) in [5, 5.41) is 23.4. The molecule has 0 aromatic rings. The van der Waals surface area contributed by atoms with E-state index in [2.05, 4.69) is 55.6 Å². The maximum Gasteiger partial charge on any atom is 0.305 e. The molecule has 3 N–H and O–H groups in total. The molecule has 0 aromatic heterocycles. The van der Waals surface area contributed by atoms with Crippen LogP contribution in [0.4, 0.5) is 0 Å². The average Bonchev–Trinajstić information content (AvgIpc) is 3.41. The standard InChI is InChI=1S/C69H131NO5/c1-3-5-7-9-11-13-15-17-19-21-22-26-30-33-37-41-45-49-53-57-61-67(72)66(65-71)70-68(73)62-58-54-50-46-42-38-34-31-27-24-23-25-28-32-36-40-44-48-52-56-60-64-75-69(74)63-59-55-51-47-43-39-35-29-20-18-16-14-12-10-8-6-4-2/h12,14,18,20,24,27,66-67,71-72H,3-11,13,15-17,19,21-23,25-26,28-65H2,1-2H3,(H,70,73)/b14-12-,20-18-,27-24-. The summed E-state index contributed by atoms with van der Waals surface area (Å²) in [6.07, 6.45) is 81.7. The third kappa shape index (κ3) is 61.2. The van der Waals surface area contributed by atoms with Crippen LogP contribution in [0.15, 0.2) is 36.5 Å². The van der Waals surface area contributed by atoms with Crippen LogP contribution in [0.1, 0.15) is 367 Å². The van der Waals surface area contributed by atoms with E-state index in [4.69, 9.17) is 4.74 Å². The van der Waals surface area contributed by atoms with E-state index in [9.17, 15) is 19.8 Å². The highest BCUT2D eigenvalue weighted by Gasteiger charge is 2.20. The van der Waals surface area contributed by atoms with Crippen LogP contribution >= 0.6 is 0 Å². The molecule has 2 atom stereocenters. The Morgan fingerprint density at radius 3 is 1.05 bits per heavy atom. The largest absolute Gasteiger partial charge is 0.466 e. The molecule has 75 heavy (non-hydrogen) atoms. The molecule has 6 heteroatoms. The number of amides is 1. The van der Waals surface area contributed by atoms with E-state index in [0.717, 1.165) is 51.4 Å². The van der Waals surface area contributed by atoms with Crippen molar-refractivity contribution in [2.75, 3.05) is 13.2 Å². The molecule has 0 rings (SSSR count). The topological polar surface area (TPSA) is 95.9 Å². The second-order valence-corrected chi connectivity index (χ2v) is 23.1. The quantitative estimate of drug-likeness (QED) is 0.0320. The Kier molecular flexibility index (Phi) is 63.0. The molecule has 0 aliphatic rings. The van der Waals surface area contributed by atoms with E-state index in [1.165, 1.54) is 283 Å². The first kappa shape index (κ1) is 73.1. The van der Waals surface area contributed by atoms with Crippen molar-refractivity contribution in [3.8, 4) is 0 Å². The maximum absolute atomic E-state index is 12.5. The van der Waals surface area contributed by atoms with Crippen molar-refractivity contribution in [1.82, 2.24) is 5.32 Å². The number of carbonyl (C=O) groups excluding carboxylic acids is 2. The van der Waals surface area contributed by atoms with Gasteiger partial charge in [0.2, 0.25) is 5.91 Å². The summed E-state index contributed by atoms with van der Waals surface area (Å²) in [6.45, 7) is 4.94. The molecule has 0 aromatic carbocycles. The maximum atomic E-state index is 12.5. The Balaban J connectivity index is 3.42. The molecule has 0 aliphatic carbocycles. The summed E-state index contributed by atoms with van der Waals surface area (Å²) < 4.78 is 5.49. The lowest BCUT2D eigenvalue weighted by atomic mass is 10.0. The van der Waals surface area contributed by atoms with Gasteiger partial charge in [-0.1, -0.05) is 307 Å². The van der Waals surface area contributed by atoms with Crippen LogP contribution in [-0.2, 0) is 14.3 Å². The zero-order valence-electron chi connectivity index (χ0n) is 50.5. The van der Waals surface area contributed by atoms with E-state index in [1.54, 1.807) is 0 Å². The third-order valence-corrected chi connectivity index (χ3v) is 15.7. The minimum Gasteiger partial charge on any atom is -0.466 e. The van der Waals surface area contributed by atoms with E-state index in [-0.39, 0.29) is 18.5 Å². The second kappa shape index (κ2) is 64.6. The van der Waals surface area contributed by atoms with Crippen LogP contribution in [0.3, 0.4) is 0 Å². The molecule has 6 nitrogen and oxygen atoms in total. The highest BCUT2D eigenvalue weighted by molar-refractivity contribution is 5.76. The van der Waals surface area contributed by atoms with Crippen LogP contribution in [0.5, 0.6) is 0 Å². The lowest BCUT2D eigenvalue weighted by molar-refractivity contribution is -0.143. The van der Waals surface area contributed by atoms with Crippen molar-refractivity contribution in [2.24, 2.45) is 0 Å². The van der Waals surface area contributed by atoms with Gasteiger partial charge in [0.1, 0.15) is 0 Å². The van der Waals surface area contributed by atoms with E-state index in [0.29, 0.717) is 25.9 Å². The van der Waals surface area contributed by atoms with Crippen molar-refractivity contribution in [2.45, 2.75) is 379 Å². The van der Waals surface area contributed by atoms with Crippen molar-refractivity contribution in [3.05, 3.63) is 36.5 Å². The van der Waals surface area contributed by atoms with Crippen molar-refractivity contribution >= 4 is 11.9 Å². The number of allylic oxidation sites excluding steroid dienone is 6. The van der Waals surface area contributed by atoms with Gasteiger partial charge in [-0.2, -0.15) is 0 Å². The lowest BCUT2D eigenvalue weighted by Gasteiger charge is -2.22. The van der Waals surface area contributed by atoms with Gasteiger partial charge in [0.05, 0.1) is 25.4 Å². The summed E-state index contributed by atoms with van der Waals surface area (Å²) in [7, 11) is 0. The Morgan fingerprint density at radius 2 is 0.667 bits per heavy atom. The zero-order chi connectivity index (χ0) is 54.3. The first-order valence-corrected chi connectivity index (χ1v) is 33.7. The normalized spacial score (nSPS) is 12.7. The summed E-state index contributed by atoms with van der Waals surface area (Å²) in [5.41, 5.74) is 0. The summed E-state index contributed by atoms with van der Waals surface area (Å²) in [5.74, 6) is -0.0387. The second-order valence-electron chi connectivity index (χ2n) is 23.1. The number of esters is 1. The van der Waals surface area contributed by atoms with Gasteiger partial charge in [-0.3, -0.25) is 9.59 Å². The molecular formula is C69H131NO5. The number of aliphatic hydroxyl groups excluding tert-OH is 2. The Labute approximate surface area is 468 Å². The van der Waals surface area contributed by atoms with Crippen LogP contribution in [0.2, 0.25) is 0 Å². The van der Waals surface area contributed by atoms with Crippen LogP contribution in [0, 0.1) is 0 Å². The number of ether oxygens (including phenoxy) is 1. The molecule has 0 saturated heterocycles. The van der Waals surface area contributed by atoms with Gasteiger partial charge in [0, 0.05) is 12.8 Å². The molecule has 1 amide bonds. The molecule has 0 heterocycles. The monoisotopic (exact) mass is 1050 g/mol. The summed E-state index contributed by atoms with van der Waals surface area (Å²) in [6, 6.07) is -0.549. The zero-order valence-corrected chi connectivity index (χ0v) is 50.5. The van der Waals surface area contributed by atoms with Gasteiger partial charge in [-0.15, -0.1) is 0 Å². The van der Waals surface area contributed by atoms with Gasteiger partial charge >= 0.3 is 5.97 Å². The SMILES string of the molecule is CCCCC/C=C\C/C=C\CCCCCCCCCC(=O)OCCCCCCCCCCCC/C=C\CCCCCCCCCC(=O)NC(CO)C(O)CCCCCCCCCCCCCCCCCCCCCC. The molecule has 0 bridgehead atoms. The molecule has 0 saturated carbocycles. The predicted molar refractivity (Wildman–Crippen MR) is 329 cm³/mol. The Hall–Kier alpha value is -1.92. The fraction of sp³-hybridized carbons (Fsp3) is 0.884. The number of aliphatic hydroxyl groups is 2. The van der Waals surface area contributed by atoms with Crippen molar-refractivity contribution < 1.29 is 24.5 Å². The summed E-state index contributed by atoms with van der Waals surface area (Å²) in [4.78, 5) is 24.6. The number of unbranched alkanes of at least 4 members (excludes halogenated alkanes) is 46. The molecule has 442 valence electrons.